The number of benzene rings is 1. The number of hydrogen-bond donors (Lipinski definition) is 3. The number of oxime groups is 1. The van der Waals surface area contributed by atoms with Crippen LogP contribution in [0.1, 0.15) is 110 Å². The van der Waals surface area contributed by atoms with Gasteiger partial charge < -0.3 is 25.7 Å². The molecule has 5 rings (SSSR count). The van der Waals surface area contributed by atoms with Crippen LogP contribution in [0.15, 0.2) is 29.4 Å². The summed E-state index contributed by atoms with van der Waals surface area (Å²) in [5.41, 5.74) is -0.336. The van der Waals surface area contributed by atoms with Crippen molar-refractivity contribution in [3.05, 3.63) is 34.9 Å². The fourth-order valence-electron chi connectivity index (χ4n) is 7.74. The third kappa shape index (κ3) is 8.64. The number of hydrogen-bond acceptors (Lipinski definition) is 7. The molecule has 1 aromatic rings. The van der Waals surface area contributed by atoms with Gasteiger partial charge in [-0.25, -0.2) is 0 Å². The summed E-state index contributed by atoms with van der Waals surface area (Å²) in [6, 6.07) is 4.29. The van der Waals surface area contributed by atoms with Crippen molar-refractivity contribution in [2.75, 3.05) is 13.6 Å². The molecule has 11 nitrogen and oxygen atoms in total. The molecule has 0 unspecified atom stereocenters. The Kier molecular flexibility index (Phi) is 11.1. The standard InChI is InChI=1S/C37H52ClN5O6/c1-6-36(15-8-7-9-16-36)21-29(44)41-31(35(2,3)4)34(48)43-22-37(19-27(42-49-37)24-11-10-12-25(38)18-24)20-28(43)32(46)40-26(17-23-13-14-23)30(45)33(47)39-5/h10-12,18,23,26,28,31H,6-9,13-17,19-22H2,1-5H3,(H,39,47)(H,40,46)(H,41,44)/t26-,28-,31+,37+/m0/s1. The first-order valence-corrected chi connectivity index (χ1v) is 18.2. The molecule has 2 aliphatic heterocycles. The molecule has 1 aromatic carbocycles. The zero-order valence-corrected chi connectivity index (χ0v) is 30.3. The predicted octanol–water partition coefficient (Wildman–Crippen LogP) is 4.69. The maximum Gasteiger partial charge on any atom is 0.289 e. The number of amides is 4. The summed E-state index contributed by atoms with van der Waals surface area (Å²) in [6.07, 6.45) is 9.24. The van der Waals surface area contributed by atoms with E-state index in [1.165, 1.54) is 18.4 Å². The third-order valence-corrected chi connectivity index (χ3v) is 11.2. The van der Waals surface area contributed by atoms with E-state index in [-0.39, 0.29) is 30.2 Å². The summed E-state index contributed by atoms with van der Waals surface area (Å²) in [5, 5.41) is 13.2. The SMILES string of the molecule is CCC1(CC(=O)N[C@H](C(=O)N2C[C@@]3(CC(c4cccc(Cl)c4)=NO3)C[C@H]2C(=O)N[C@@H](CC2CC2)C(=O)C(=O)NC)C(C)(C)C)CCCCC1. The van der Waals surface area contributed by atoms with Crippen molar-refractivity contribution in [1.82, 2.24) is 20.9 Å². The highest BCUT2D eigenvalue weighted by Gasteiger charge is 2.56. The van der Waals surface area contributed by atoms with Crippen molar-refractivity contribution in [3.8, 4) is 0 Å². The zero-order valence-electron chi connectivity index (χ0n) is 29.5. The molecule has 1 saturated heterocycles. The van der Waals surface area contributed by atoms with Crippen LogP contribution in [-0.4, -0.2) is 77.3 Å². The molecule has 2 saturated carbocycles. The van der Waals surface area contributed by atoms with Crippen molar-refractivity contribution >= 4 is 46.7 Å². The second-order valence-corrected chi connectivity index (χ2v) is 16.3. The van der Waals surface area contributed by atoms with Gasteiger partial charge in [0.2, 0.25) is 23.5 Å². The van der Waals surface area contributed by atoms with Crippen LogP contribution < -0.4 is 16.0 Å². The van der Waals surface area contributed by atoms with E-state index in [9.17, 15) is 24.0 Å². The van der Waals surface area contributed by atoms with Crippen molar-refractivity contribution in [2.45, 2.75) is 128 Å². The molecule has 268 valence electrons. The van der Waals surface area contributed by atoms with Crippen molar-refractivity contribution < 1.29 is 28.8 Å². The topological polar surface area (TPSA) is 146 Å². The second kappa shape index (κ2) is 14.8. The minimum atomic E-state index is -1.03. The van der Waals surface area contributed by atoms with E-state index < -0.39 is 52.6 Å². The first-order valence-electron chi connectivity index (χ1n) is 17.9. The van der Waals surface area contributed by atoms with Gasteiger partial charge in [-0.3, -0.25) is 24.0 Å². The van der Waals surface area contributed by atoms with E-state index in [0.29, 0.717) is 30.0 Å². The summed E-state index contributed by atoms with van der Waals surface area (Å²) in [4.78, 5) is 75.5. The number of halogens is 1. The maximum atomic E-state index is 14.7. The second-order valence-electron chi connectivity index (χ2n) is 15.8. The van der Waals surface area contributed by atoms with Gasteiger partial charge in [0.15, 0.2) is 5.60 Å². The lowest BCUT2D eigenvalue weighted by Crippen LogP contribution is -2.59. The Morgan fingerprint density at radius 3 is 2.41 bits per heavy atom. The van der Waals surface area contributed by atoms with Crippen LogP contribution >= 0.6 is 11.6 Å². The fourth-order valence-corrected chi connectivity index (χ4v) is 7.93. The number of ketones is 1. The first-order chi connectivity index (χ1) is 23.2. The summed E-state index contributed by atoms with van der Waals surface area (Å²) < 4.78 is 0. The lowest BCUT2D eigenvalue weighted by molar-refractivity contribution is -0.145. The van der Waals surface area contributed by atoms with Gasteiger partial charge in [-0.05, 0) is 54.6 Å². The Labute approximate surface area is 294 Å². The number of rotatable bonds is 12. The van der Waals surface area contributed by atoms with E-state index in [1.807, 2.05) is 32.9 Å². The van der Waals surface area contributed by atoms with Crippen LogP contribution in [0, 0.1) is 16.7 Å². The number of carbonyl (C=O) groups is 5. The molecule has 0 bridgehead atoms. The van der Waals surface area contributed by atoms with Gasteiger partial charge >= 0.3 is 0 Å². The van der Waals surface area contributed by atoms with Crippen molar-refractivity contribution in [1.29, 1.82) is 0 Å². The highest BCUT2D eigenvalue weighted by molar-refractivity contribution is 6.38. The van der Waals surface area contributed by atoms with Crippen LogP contribution in [0.4, 0.5) is 0 Å². The molecule has 2 heterocycles. The number of Topliss-reactive ketones (excluding diaryl/α,β-unsaturated/α-hetero) is 1. The Morgan fingerprint density at radius 1 is 1.08 bits per heavy atom. The number of nitrogens with zero attached hydrogens (tertiary/aromatic N) is 2. The minimum absolute atomic E-state index is 0.0511. The highest BCUT2D eigenvalue weighted by atomic mass is 35.5. The number of likely N-dealkylation sites (tertiary alicyclic amines) is 1. The van der Waals surface area contributed by atoms with Gasteiger partial charge in [0, 0.05) is 36.9 Å². The molecule has 4 atom stereocenters. The molecule has 4 amide bonds. The van der Waals surface area contributed by atoms with Crippen molar-refractivity contribution in [2.24, 2.45) is 21.9 Å². The molecule has 1 spiro atoms. The lowest BCUT2D eigenvalue weighted by atomic mass is 9.70. The minimum Gasteiger partial charge on any atom is -0.387 e. The number of carbonyl (C=O) groups excluding carboxylic acids is 5. The summed E-state index contributed by atoms with van der Waals surface area (Å²) in [6.45, 7) is 7.87. The predicted molar refractivity (Wildman–Crippen MR) is 187 cm³/mol. The first kappa shape index (κ1) is 36.8. The van der Waals surface area contributed by atoms with Gasteiger partial charge in [0.05, 0.1) is 18.3 Å². The molecule has 2 aliphatic carbocycles. The molecule has 0 aromatic heterocycles. The zero-order chi connectivity index (χ0) is 35.6. The molecule has 12 heteroatoms. The van der Waals surface area contributed by atoms with Crippen LogP contribution in [0.3, 0.4) is 0 Å². The molecule has 49 heavy (non-hydrogen) atoms. The summed E-state index contributed by atoms with van der Waals surface area (Å²) in [5.74, 6) is -2.36. The lowest BCUT2D eigenvalue weighted by Gasteiger charge is -2.38. The van der Waals surface area contributed by atoms with Crippen LogP contribution in [0.5, 0.6) is 0 Å². The molecular weight excluding hydrogens is 646 g/mol. The molecule has 3 fully saturated rings. The van der Waals surface area contributed by atoms with Gasteiger partial charge in [-0.15, -0.1) is 0 Å². The van der Waals surface area contributed by atoms with Crippen LogP contribution in [0.2, 0.25) is 5.02 Å². The van der Waals surface area contributed by atoms with Gasteiger partial charge in [-0.1, -0.05) is 88.7 Å². The monoisotopic (exact) mass is 697 g/mol. The fraction of sp³-hybridized carbons (Fsp3) is 0.676. The van der Waals surface area contributed by atoms with E-state index >= 15 is 0 Å². The molecule has 0 radical (unpaired) electrons. The summed E-state index contributed by atoms with van der Waals surface area (Å²) >= 11 is 6.26. The number of nitrogens with one attached hydrogen (secondary N) is 3. The maximum absolute atomic E-state index is 14.7. The molecule has 3 N–H and O–H groups in total. The average molecular weight is 698 g/mol. The van der Waals surface area contributed by atoms with Crippen LogP contribution in [0.25, 0.3) is 0 Å². The smallest absolute Gasteiger partial charge is 0.289 e. The Morgan fingerprint density at radius 2 is 1.80 bits per heavy atom. The van der Waals surface area contributed by atoms with E-state index in [1.54, 1.807) is 12.1 Å². The van der Waals surface area contributed by atoms with Gasteiger partial charge in [0.25, 0.3) is 5.91 Å². The summed E-state index contributed by atoms with van der Waals surface area (Å²) in [7, 11) is 1.38. The van der Waals surface area contributed by atoms with Gasteiger partial charge in [-0.2, -0.15) is 0 Å². The Hall–Kier alpha value is -3.47. The third-order valence-electron chi connectivity index (χ3n) is 11.0. The quantitative estimate of drug-likeness (QED) is 0.270. The van der Waals surface area contributed by atoms with Gasteiger partial charge in [0.1, 0.15) is 12.1 Å². The largest absolute Gasteiger partial charge is 0.387 e. The van der Waals surface area contributed by atoms with E-state index in [0.717, 1.165) is 50.5 Å². The Balaban J connectivity index is 1.41. The normalized spacial score (nSPS) is 24.4. The molecule has 4 aliphatic rings. The number of likely N-dealkylation sites (N-methyl/N-ethyl adjacent to an activating group) is 1. The Bertz CT molecular complexity index is 1480. The average Bonchev–Trinajstić information content (AvgIpc) is 3.67. The molecular formula is C37H52ClN5O6. The van der Waals surface area contributed by atoms with E-state index in [2.05, 4.69) is 28.0 Å². The highest BCUT2D eigenvalue weighted by Crippen LogP contribution is 2.43. The van der Waals surface area contributed by atoms with E-state index in [4.69, 9.17) is 16.4 Å². The van der Waals surface area contributed by atoms with Crippen molar-refractivity contribution in [3.63, 3.8) is 0 Å². The van der Waals surface area contributed by atoms with Crippen LogP contribution in [-0.2, 0) is 28.8 Å².